The summed E-state index contributed by atoms with van der Waals surface area (Å²) in [5.41, 5.74) is 4.32. The minimum Gasteiger partial charge on any atom is -0.307 e. The van der Waals surface area contributed by atoms with Gasteiger partial charge in [0.25, 0.3) is 0 Å². The number of imidazole rings is 1. The van der Waals surface area contributed by atoms with Crippen LogP contribution in [0, 0.1) is 0 Å². The van der Waals surface area contributed by atoms with E-state index in [-0.39, 0.29) is 0 Å². The molecule has 4 nitrogen and oxygen atoms in total. The molecule has 4 rings (SSSR count). The minimum absolute atomic E-state index is 0.658. The van der Waals surface area contributed by atoms with Crippen molar-refractivity contribution >= 4 is 33.9 Å². The van der Waals surface area contributed by atoms with Gasteiger partial charge in [0.1, 0.15) is 5.82 Å². The van der Waals surface area contributed by atoms with Crippen molar-refractivity contribution in [2.24, 2.45) is 0 Å². The molecule has 0 fully saturated rings. The molecule has 2 aromatic heterocycles. The van der Waals surface area contributed by atoms with E-state index in [9.17, 15) is 0 Å². The van der Waals surface area contributed by atoms with E-state index in [0.717, 1.165) is 35.5 Å². The minimum atomic E-state index is 0.658. The zero-order valence-electron chi connectivity index (χ0n) is 12.7. The van der Waals surface area contributed by atoms with E-state index in [2.05, 4.69) is 33.6 Å². The third kappa shape index (κ3) is 2.55. The van der Waals surface area contributed by atoms with Crippen LogP contribution >= 0.6 is 11.6 Å². The molecular formula is C18H15ClN4. The van der Waals surface area contributed by atoms with Gasteiger partial charge in [-0.2, -0.15) is 0 Å². The summed E-state index contributed by atoms with van der Waals surface area (Å²) in [6, 6.07) is 15.9. The van der Waals surface area contributed by atoms with Gasteiger partial charge in [-0.1, -0.05) is 48.9 Å². The van der Waals surface area contributed by atoms with Gasteiger partial charge in [-0.25, -0.2) is 15.0 Å². The molecule has 0 amide bonds. The first-order valence-corrected chi connectivity index (χ1v) is 7.98. The monoisotopic (exact) mass is 322 g/mol. The zero-order valence-corrected chi connectivity index (χ0v) is 13.5. The van der Waals surface area contributed by atoms with Gasteiger partial charge in [0.2, 0.25) is 0 Å². The summed E-state index contributed by atoms with van der Waals surface area (Å²) in [4.78, 5) is 14.0. The van der Waals surface area contributed by atoms with Crippen LogP contribution in [0.5, 0.6) is 0 Å². The van der Waals surface area contributed by atoms with E-state index in [4.69, 9.17) is 16.6 Å². The molecule has 0 unspecified atom stereocenters. The number of hydrogen-bond acceptors (Lipinski definition) is 3. The molecule has 0 aliphatic heterocycles. The lowest BCUT2D eigenvalue weighted by atomic mass is 10.2. The van der Waals surface area contributed by atoms with Gasteiger partial charge in [0, 0.05) is 11.4 Å². The molecule has 4 aromatic rings. The van der Waals surface area contributed by atoms with E-state index < -0.39 is 0 Å². The summed E-state index contributed by atoms with van der Waals surface area (Å²) in [6.07, 6.45) is 0.835. The van der Waals surface area contributed by atoms with Gasteiger partial charge in [0.05, 0.1) is 17.6 Å². The quantitative estimate of drug-likeness (QED) is 0.566. The molecule has 0 aliphatic rings. The smallest absolute Gasteiger partial charge is 0.198 e. The Morgan fingerprint density at radius 1 is 0.957 bits per heavy atom. The number of rotatable bonds is 3. The van der Waals surface area contributed by atoms with Crippen LogP contribution in [0.1, 0.15) is 18.3 Å². The summed E-state index contributed by atoms with van der Waals surface area (Å²) in [5, 5.41) is 0.658. The van der Waals surface area contributed by atoms with Gasteiger partial charge >= 0.3 is 0 Å². The number of benzene rings is 2. The topological polar surface area (TPSA) is 43.6 Å². The average molecular weight is 323 g/mol. The van der Waals surface area contributed by atoms with Gasteiger partial charge in [-0.3, -0.25) is 0 Å². The van der Waals surface area contributed by atoms with Gasteiger partial charge in [-0.05, 0) is 23.8 Å². The van der Waals surface area contributed by atoms with E-state index in [1.165, 1.54) is 5.56 Å². The molecule has 2 aromatic carbocycles. The highest BCUT2D eigenvalue weighted by atomic mass is 35.5. The Balaban J connectivity index is 1.92. The van der Waals surface area contributed by atoms with Gasteiger partial charge in [-0.15, -0.1) is 0 Å². The van der Waals surface area contributed by atoms with Crippen molar-refractivity contribution in [1.82, 2.24) is 19.5 Å². The summed E-state index contributed by atoms with van der Waals surface area (Å²) in [6.45, 7) is 2.84. The Bertz CT molecular complexity index is 992. The van der Waals surface area contributed by atoms with Crippen LogP contribution in [-0.2, 0) is 13.0 Å². The van der Waals surface area contributed by atoms with Crippen LogP contribution in [0.15, 0.2) is 48.5 Å². The van der Waals surface area contributed by atoms with Crippen LogP contribution in [0.4, 0.5) is 0 Å². The van der Waals surface area contributed by atoms with E-state index in [1.54, 1.807) is 0 Å². The zero-order chi connectivity index (χ0) is 15.8. The largest absolute Gasteiger partial charge is 0.307 e. The van der Waals surface area contributed by atoms with E-state index >= 15 is 0 Å². The van der Waals surface area contributed by atoms with E-state index in [1.807, 2.05) is 36.4 Å². The fourth-order valence-corrected chi connectivity index (χ4v) is 2.94. The molecule has 5 heteroatoms. The summed E-state index contributed by atoms with van der Waals surface area (Å²) in [7, 11) is 0. The third-order valence-electron chi connectivity index (χ3n) is 3.89. The van der Waals surface area contributed by atoms with Crippen molar-refractivity contribution in [3.8, 4) is 0 Å². The lowest BCUT2D eigenvalue weighted by molar-refractivity contribution is 0.747. The Morgan fingerprint density at radius 2 is 1.78 bits per heavy atom. The van der Waals surface area contributed by atoms with Crippen molar-refractivity contribution in [3.05, 3.63) is 64.9 Å². The highest BCUT2D eigenvalue weighted by Crippen LogP contribution is 2.21. The lowest BCUT2D eigenvalue weighted by Crippen LogP contribution is -2.05. The van der Waals surface area contributed by atoms with Crippen LogP contribution in [-0.4, -0.2) is 19.5 Å². The Labute approximate surface area is 138 Å². The van der Waals surface area contributed by atoms with Crippen LogP contribution < -0.4 is 0 Å². The first-order chi connectivity index (χ1) is 11.2. The molecule has 2 heterocycles. The molecule has 0 radical (unpaired) electrons. The van der Waals surface area contributed by atoms with Crippen LogP contribution in [0.25, 0.3) is 22.3 Å². The lowest BCUT2D eigenvalue weighted by Gasteiger charge is -2.07. The molecule has 0 bridgehead atoms. The van der Waals surface area contributed by atoms with E-state index in [0.29, 0.717) is 10.7 Å². The first kappa shape index (κ1) is 14.2. The van der Waals surface area contributed by atoms with Crippen molar-refractivity contribution in [3.63, 3.8) is 0 Å². The fraction of sp³-hybridized carbons (Fsp3) is 0.167. The molecule has 0 aliphatic carbocycles. The maximum Gasteiger partial charge on any atom is 0.198 e. The Morgan fingerprint density at radius 3 is 2.57 bits per heavy atom. The predicted molar refractivity (Wildman–Crippen MR) is 92.8 cm³/mol. The summed E-state index contributed by atoms with van der Waals surface area (Å²) in [5.74, 6) is 0.991. The number of aryl methyl sites for hydroxylation is 1. The van der Waals surface area contributed by atoms with Crippen molar-refractivity contribution in [1.29, 1.82) is 0 Å². The number of aromatic nitrogens is 4. The molecule has 0 N–H and O–H groups in total. The highest BCUT2D eigenvalue weighted by Gasteiger charge is 2.13. The number of halogens is 1. The number of nitrogens with zero attached hydrogens (tertiary/aromatic N) is 4. The second-order valence-corrected chi connectivity index (χ2v) is 5.89. The normalized spacial score (nSPS) is 11.4. The highest BCUT2D eigenvalue weighted by molar-refractivity contribution is 6.31. The summed E-state index contributed by atoms with van der Waals surface area (Å²) < 4.78 is 2.14. The second-order valence-electron chi connectivity index (χ2n) is 5.46. The fourth-order valence-electron chi connectivity index (χ4n) is 2.77. The SMILES string of the molecule is CCc1nc2nc3cc(Cl)ccc3nc2n1Cc1ccccc1. The third-order valence-corrected chi connectivity index (χ3v) is 4.13. The molecule has 23 heavy (non-hydrogen) atoms. The van der Waals surface area contributed by atoms with Crippen LogP contribution in [0.2, 0.25) is 5.02 Å². The molecule has 0 atom stereocenters. The van der Waals surface area contributed by atoms with Crippen molar-refractivity contribution < 1.29 is 0 Å². The second kappa shape index (κ2) is 5.63. The van der Waals surface area contributed by atoms with Crippen molar-refractivity contribution in [2.75, 3.05) is 0 Å². The van der Waals surface area contributed by atoms with Gasteiger partial charge < -0.3 is 4.57 Å². The van der Waals surface area contributed by atoms with Gasteiger partial charge in [0.15, 0.2) is 11.3 Å². The van der Waals surface area contributed by atoms with Crippen LogP contribution in [0.3, 0.4) is 0 Å². The molecular weight excluding hydrogens is 308 g/mol. The molecule has 0 spiro atoms. The first-order valence-electron chi connectivity index (χ1n) is 7.61. The van der Waals surface area contributed by atoms with Crippen molar-refractivity contribution in [2.45, 2.75) is 19.9 Å². The maximum atomic E-state index is 6.05. The number of hydrogen-bond donors (Lipinski definition) is 0. The average Bonchev–Trinajstić information content (AvgIpc) is 2.90. The number of fused-ring (bicyclic) bond motifs is 2. The molecule has 0 saturated carbocycles. The molecule has 0 saturated heterocycles. The summed E-state index contributed by atoms with van der Waals surface area (Å²) >= 11 is 6.05. The standard InChI is InChI=1S/C18H15ClN4/c1-2-16-22-17-18(23(16)11-12-6-4-3-5-7-12)21-14-9-8-13(19)10-15(14)20-17/h3-10H,2,11H2,1H3. The Hall–Kier alpha value is -2.46. The Kier molecular flexibility index (Phi) is 3.46. The maximum absolute atomic E-state index is 6.05. The molecule has 114 valence electrons. The predicted octanol–water partition coefficient (Wildman–Crippen LogP) is 4.24.